The Morgan fingerprint density at radius 3 is 1.86 bits per heavy atom. The maximum Gasteiger partial charge on any atom is 0.472 e. The van der Waals surface area contributed by atoms with Gasteiger partial charge in [-0.2, -0.15) is 0 Å². The van der Waals surface area contributed by atoms with Crippen molar-refractivity contribution < 1.29 is 28.0 Å². The van der Waals surface area contributed by atoms with Crippen LogP contribution in [-0.4, -0.2) is 54.1 Å². The molecule has 0 aliphatic heterocycles. The summed E-state index contributed by atoms with van der Waals surface area (Å²) in [5, 5.41) is 0. The van der Waals surface area contributed by atoms with Crippen molar-refractivity contribution in [1.82, 2.24) is 9.55 Å². The van der Waals surface area contributed by atoms with Crippen LogP contribution in [-0.2, 0) is 29.6 Å². The Morgan fingerprint density at radius 1 is 0.806 bits per heavy atom. The van der Waals surface area contributed by atoms with Gasteiger partial charge in [-0.05, 0) is 6.42 Å². The number of phosphoric ester groups is 1. The molecule has 0 fully saturated rings. The molecule has 0 aromatic carbocycles. The van der Waals surface area contributed by atoms with Crippen molar-refractivity contribution in [3.8, 4) is 0 Å². The minimum absolute atomic E-state index is 0.0531. The summed E-state index contributed by atoms with van der Waals surface area (Å²) in [4.78, 5) is 13.7. The minimum atomic E-state index is -4.13. The molecule has 0 saturated heterocycles. The van der Waals surface area contributed by atoms with E-state index in [0.29, 0.717) is 19.8 Å². The van der Waals surface area contributed by atoms with E-state index in [1.165, 1.54) is 103 Å². The number of hydrogen-bond donors (Lipinski definition) is 1. The van der Waals surface area contributed by atoms with Crippen molar-refractivity contribution in [2.45, 2.75) is 122 Å². The van der Waals surface area contributed by atoms with Gasteiger partial charge >= 0.3 is 7.82 Å². The number of rotatable bonds is 27. The number of nitrogens with zero attached hydrogens (tertiary/aromatic N) is 2. The van der Waals surface area contributed by atoms with Gasteiger partial charge in [0.25, 0.3) is 0 Å². The van der Waals surface area contributed by atoms with Crippen molar-refractivity contribution in [1.29, 1.82) is 0 Å². The minimum Gasteiger partial charge on any atom is -0.379 e. The fourth-order valence-electron chi connectivity index (χ4n) is 4.05. The monoisotopic (exact) mass is 532 g/mol. The first-order valence-electron chi connectivity index (χ1n) is 14.3. The van der Waals surface area contributed by atoms with E-state index in [2.05, 4.69) is 11.9 Å². The molecular formula is C27H53N2O6P. The summed E-state index contributed by atoms with van der Waals surface area (Å²) < 4.78 is 34.7. The van der Waals surface area contributed by atoms with E-state index in [1.54, 1.807) is 23.3 Å². The summed E-state index contributed by atoms with van der Waals surface area (Å²) in [5.41, 5.74) is 0. The van der Waals surface area contributed by atoms with Crippen molar-refractivity contribution in [2.24, 2.45) is 0 Å². The first kappa shape index (κ1) is 33.3. The lowest BCUT2D eigenvalue weighted by Crippen LogP contribution is -2.24. The summed E-state index contributed by atoms with van der Waals surface area (Å²) in [6.07, 6.45) is 26.1. The third-order valence-corrected chi connectivity index (χ3v) is 7.35. The zero-order chi connectivity index (χ0) is 26.2. The molecule has 9 heteroatoms. The van der Waals surface area contributed by atoms with Crippen molar-refractivity contribution in [3.63, 3.8) is 0 Å². The van der Waals surface area contributed by atoms with Crippen molar-refractivity contribution in [2.75, 3.05) is 33.5 Å². The van der Waals surface area contributed by atoms with Crippen molar-refractivity contribution in [3.05, 3.63) is 18.7 Å². The Labute approximate surface area is 220 Å². The number of phosphoric acid groups is 1. The van der Waals surface area contributed by atoms with Crippen LogP contribution in [0, 0.1) is 0 Å². The lowest BCUT2D eigenvalue weighted by Gasteiger charge is -2.18. The zero-order valence-electron chi connectivity index (χ0n) is 23.0. The van der Waals surface area contributed by atoms with Crippen LogP contribution >= 0.6 is 7.82 Å². The van der Waals surface area contributed by atoms with Gasteiger partial charge in [0.2, 0.25) is 0 Å². The van der Waals surface area contributed by atoms with E-state index in [4.69, 9.17) is 18.5 Å². The van der Waals surface area contributed by atoms with Crippen LogP contribution in [0.15, 0.2) is 18.7 Å². The second kappa shape index (κ2) is 23.4. The van der Waals surface area contributed by atoms with E-state index >= 15 is 0 Å². The summed E-state index contributed by atoms with van der Waals surface area (Å²) >= 11 is 0. The van der Waals surface area contributed by atoms with Gasteiger partial charge in [0.1, 0.15) is 6.10 Å². The SMILES string of the molecule is CCCCCCCCCCCCCCCCCCOCC(COP(=O)(O)OCCn1ccnc1)OC. The number of imidazole rings is 1. The van der Waals surface area contributed by atoms with Crippen molar-refractivity contribution >= 4 is 7.82 Å². The van der Waals surface area contributed by atoms with E-state index in [9.17, 15) is 9.46 Å². The largest absolute Gasteiger partial charge is 0.472 e. The van der Waals surface area contributed by atoms with Crippen LogP contribution in [0.5, 0.6) is 0 Å². The molecule has 1 aromatic rings. The van der Waals surface area contributed by atoms with Crippen LogP contribution in [0.2, 0.25) is 0 Å². The van der Waals surface area contributed by atoms with Gasteiger partial charge in [-0.15, -0.1) is 0 Å². The molecule has 0 amide bonds. The average Bonchev–Trinajstić information content (AvgIpc) is 3.38. The lowest BCUT2D eigenvalue weighted by atomic mass is 10.0. The highest BCUT2D eigenvalue weighted by Gasteiger charge is 2.23. The Kier molecular flexibility index (Phi) is 21.6. The highest BCUT2D eigenvalue weighted by molar-refractivity contribution is 7.47. The number of methoxy groups -OCH3 is 1. The fourth-order valence-corrected chi connectivity index (χ4v) is 4.79. The van der Waals surface area contributed by atoms with Crippen LogP contribution in [0.4, 0.5) is 0 Å². The molecular weight excluding hydrogens is 479 g/mol. The molecule has 8 nitrogen and oxygen atoms in total. The molecule has 2 atom stereocenters. The third-order valence-electron chi connectivity index (χ3n) is 6.37. The molecule has 1 rings (SSSR count). The van der Waals surface area contributed by atoms with Gasteiger partial charge in [0.15, 0.2) is 0 Å². The highest BCUT2D eigenvalue weighted by atomic mass is 31.2. The second-order valence-electron chi connectivity index (χ2n) is 9.63. The molecule has 0 radical (unpaired) electrons. The van der Waals surface area contributed by atoms with Gasteiger partial charge in [0.05, 0.1) is 26.1 Å². The highest BCUT2D eigenvalue weighted by Crippen LogP contribution is 2.43. The molecule has 36 heavy (non-hydrogen) atoms. The third kappa shape index (κ3) is 20.3. The van der Waals surface area contributed by atoms with E-state index in [-0.39, 0.29) is 13.2 Å². The van der Waals surface area contributed by atoms with Gasteiger partial charge in [0, 0.05) is 32.7 Å². The smallest absolute Gasteiger partial charge is 0.379 e. The normalized spacial score (nSPS) is 14.2. The molecule has 1 heterocycles. The summed E-state index contributed by atoms with van der Waals surface area (Å²) in [6, 6.07) is 0. The Morgan fingerprint density at radius 2 is 1.36 bits per heavy atom. The van der Waals surface area contributed by atoms with E-state index in [0.717, 1.165) is 6.42 Å². The molecule has 0 spiro atoms. The Balaban J connectivity index is 1.86. The van der Waals surface area contributed by atoms with Crippen LogP contribution in [0.25, 0.3) is 0 Å². The summed E-state index contributed by atoms with van der Waals surface area (Å²) in [5.74, 6) is 0. The number of hydrogen-bond acceptors (Lipinski definition) is 6. The standard InChI is InChI=1S/C27H53N2O6P/c1-3-4-5-6-7-8-9-10-11-12-13-14-15-16-17-18-22-33-24-27(32-2)25-35-36(30,31)34-23-21-29-20-19-28-26-29/h19-20,26-27H,3-18,21-25H2,1-2H3,(H,30,31). The summed E-state index contributed by atoms with van der Waals surface area (Å²) in [6.45, 7) is 3.67. The second-order valence-corrected chi connectivity index (χ2v) is 11.1. The molecule has 0 bridgehead atoms. The van der Waals surface area contributed by atoms with Crippen LogP contribution < -0.4 is 0 Å². The fraction of sp³-hybridized carbons (Fsp3) is 0.889. The van der Waals surface area contributed by atoms with Gasteiger partial charge in [-0.3, -0.25) is 9.05 Å². The quantitative estimate of drug-likeness (QED) is 0.0938. The Hall–Kier alpha value is -0.760. The molecule has 0 aliphatic carbocycles. The molecule has 1 N–H and O–H groups in total. The van der Waals surface area contributed by atoms with Crippen LogP contribution in [0.3, 0.4) is 0 Å². The summed E-state index contributed by atoms with van der Waals surface area (Å²) in [7, 11) is -2.59. The average molecular weight is 533 g/mol. The topological polar surface area (TPSA) is 92.0 Å². The maximum atomic E-state index is 12.0. The first-order valence-corrected chi connectivity index (χ1v) is 15.7. The van der Waals surface area contributed by atoms with E-state index in [1.807, 2.05) is 0 Å². The molecule has 212 valence electrons. The zero-order valence-corrected chi connectivity index (χ0v) is 23.9. The van der Waals surface area contributed by atoms with Gasteiger partial charge in [-0.25, -0.2) is 9.55 Å². The lowest BCUT2D eigenvalue weighted by molar-refractivity contribution is -0.0222. The molecule has 0 aliphatic rings. The van der Waals surface area contributed by atoms with Crippen LogP contribution in [0.1, 0.15) is 110 Å². The number of unbranched alkanes of at least 4 members (excludes halogenated alkanes) is 15. The number of aromatic nitrogens is 2. The predicted octanol–water partition coefficient (Wildman–Crippen LogP) is 7.31. The molecule has 0 saturated carbocycles. The number of ether oxygens (including phenoxy) is 2. The first-order chi connectivity index (χ1) is 17.6. The van der Waals surface area contributed by atoms with Gasteiger partial charge < -0.3 is 18.9 Å². The van der Waals surface area contributed by atoms with Gasteiger partial charge in [-0.1, -0.05) is 103 Å². The predicted molar refractivity (Wildman–Crippen MR) is 145 cm³/mol. The molecule has 1 aromatic heterocycles. The maximum absolute atomic E-state index is 12.0. The van der Waals surface area contributed by atoms with E-state index < -0.39 is 13.9 Å². The Bertz CT molecular complexity index is 632. The molecule has 2 unspecified atom stereocenters.